The normalized spacial score (nSPS) is 12.4. The van der Waals surface area contributed by atoms with Gasteiger partial charge in [-0.1, -0.05) is 130 Å². The van der Waals surface area contributed by atoms with Gasteiger partial charge >= 0.3 is 0 Å². The Morgan fingerprint density at radius 1 is 0.605 bits per heavy atom. The third kappa shape index (κ3) is 17.1. The van der Waals surface area contributed by atoms with Gasteiger partial charge in [-0.25, -0.2) is 0 Å². The van der Waals surface area contributed by atoms with Crippen molar-refractivity contribution in [2.75, 3.05) is 11.9 Å². The summed E-state index contributed by atoms with van der Waals surface area (Å²) in [7, 11) is 0. The van der Waals surface area contributed by atoms with Crippen LogP contribution in [0.3, 0.4) is 0 Å². The topological polar surface area (TPSA) is 34.0 Å². The quantitative estimate of drug-likeness (QED) is 0.0685. The van der Waals surface area contributed by atoms with E-state index < -0.39 is 0 Å². The van der Waals surface area contributed by atoms with Gasteiger partial charge in [-0.3, -0.25) is 0 Å². The number of hydrogen-bond acceptors (Lipinski definition) is 3. The van der Waals surface area contributed by atoms with E-state index >= 15 is 0 Å². The fourth-order valence-corrected chi connectivity index (χ4v) is 5.24. The van der Waals surface area contributed by atoms with Gasteiger partial charge in [0.15, 0.2) is 0 Å². The van der Waals surface area contributed by atoms with Crippen LogP contribution in [0.2, 0.25) is 0 Å². The van der Waals surface area contributed by atoms with Crippen LogP contribution in [0, 0.1) is 0 Å². The Bertz CT molecular complexity index is 809. The van der Waals surface area contributed by atoms with E-state index in [1.807, 2.05) is 30.3 Å². The summed E-state index contributed by atoms with van der Waals surface area (Å²) in [5.41, 5.74) is 3.16. The number of nitrogens with zero attached hydrogens (tertiary/aromatic N) is 2. The summed E-state index contributed by atoms with van der Waals surface area (Å²) in [4.78, 5) is 0. The molecule has 1 atom stereocenters. The molecule has 0 saturated heterocycles. The zero-order valence-electron chi connectivity index (χ0n) is 24.1. The Hall–Kier alpha value is -1.52. The summed E-state index contributed by atoms with van der Waals surface area (Å²) in [6, 6.07) is 18.4. The van der Waals surface area contributed by atoms with Crippen LogP contribution in [-0.4, -0.2) is 18.0 Å². The molecule has 0 aliphatic heterocycles. The van der Waals surface area contributed by atoms with Crippen LogP contribution in [0.5, 0.6) is 0 Å². The number of azo groups is 1. The number of alkyl halides is 1. The first-order valence-electron chi connectivity index (χ1n) is 15.5. The van der Waals surface area contributed by atoms with Crippen molar-refractivity contribution in [2.45, 2.75) is 129 Å². The lowest BCUT2D eigenvalue weighted by atomic mass is 10.0. The number of aryl methyl sites for hydroxylation is 1. The molecule has 0 heterocycles. The van der Waals surface area contributed by atoms with Crippen LogP contribution in [0.25, 0.3) is 0 Å². The number of ether oxygens (including phenoxy) is 1. The van der Waals surface area contributed by atoms with Crippen molar-refractivity contribution in [3.8, 4) is 0 Å². The SMILES string of the molecule is CCCCCCCCC(CCCc1ccc(N=Nc2ccccc2)cc1)OCCCCCCCCCCBr. The molecule has 2 aromatic carbocycles. The summed E-state index contributed by atoms with van der Waals surface area (Å²) in [6.45, 7) is 3.22. The van der Waals surface area contributed by atoms with Gasteiger partial charge in [0.25, 0.3) is 0 Å². The van der Waals surface area contributed by atoms with Crippen LogP contribution in [-0.2, 0) is 11.2 Å². The zero-order valence-corrected chi connectivity index (χ0v) is 25.7. The number of hydrogen-bond donors (Lipinski definition) is 0. The van der Waals surface area contributed by atoms with Crippen LogP contribution in [0.15, 0.2) is 64.8 Å². The maximum absolute atomic E-state index is 6.43. The number of benzene rings is 2. The predicted octanol–water partition coefficient (Wildman–Crippen LogP) is 12.1. The average Bonchev–Trinajstić information content (AvgIpc) is 2.95. The minimum Gasteiger partial charge on any atom is -0.378 e. The Balaban J connectivity index is 1.66. The third-order valence-corrected chi connectivity index (χ3v) is 7.79. The predicted molar refractivity (Wildman–Crippen MR) is 168 cm³/mol. The molecule has 0 bridgehead atoms. The highest BCUT2D eigenvalue weighted by molar-refractivity contribution is 9.09. The largest absolute Gasteiger partial charge is 0.378 e. The van der Waals surface area contributed by atoms with Crippen molar-refractivity contribution < 1.29 is 4.74 Å². The van der Waals surface area contributed by atoms with Crippen molar-refractivity contribution >= 4 is 27.3 Å². The van der Waals surface area contributed by atoms with Gasteiger partial charge in [0.2, 0.25) is 0 Å². The molecule has 2 aromatic rings. The Kier molecular flexibility index (Phi) is 20.1. The molecule has 4 heteroatoms. The summed E-state index contributed by atoms with van der Waals surface area (Å²) in [6.07, 6.45) is 24.0. The van der Waals surface area contributed by atoms with E-state index in [2.05, 4.69) is 57.3 Å². The van der Waals surface area contributed by atoms with Gasteiger partial charge in [0.1, 0.15) is 0 Å². The minimum absolute atomic E-state index is 0.421. The summed E-state index contributed by atoms with van der Waals surface area (Å²) >= 11 is 3.52. The smallest absolute Gasteiger partial charge is 0.0857 e. The first kappa shape index (κ1) is 32.7. The molecule has 0 aliphatic carbocycles. The van der Waals surface area contributed by atoms with Crippen LogP contribution < -0.4 is 0 Å². The number of halogens is 1. The molecule has 0 spiro atoms. The van der Waals surface area contributed by atoms with E-state index in [0.29, 0.717) is 6.10 Å². The molecule has 1 unspecified atom stereocenters. The summed E-state index contributed by atoms with van der Waals surface area (Å²) in [5.74, 6) is 0. The molecule has 0 saturated carbocycles. The molecule has 3 nitrogen and oxygen atoms in total. The van der Waals surface area contributed by atoms with Crippen molar-refractivity contribution in [1.82, 2.24) is 0 Å². The Labute approximate surface area is 242 Å². The Morgan fingerprint density at radius 3 is 1.82 bits per heavy atom. The molecular formula is C34H53BrN2O. The monoisotopic (exact) mass is 584 g/mol. The van der Waals surface area contributed by atoms with Crippen molar-refractivity contribution in [3.05, 3.63) is 60.2 Å². The molecule has 0 aliphatic rings. The van der Waals surface area contributed by atoms with Gasteiger partial charge in [-0.2, -0.15) is 10.2 Å². The molecule has 0 radical (unpaired) electrons. The molecule has 2 rings (SSSR count). The first-order valence-corrected chi connectivity index (χ1v) is 16.7. The highest BCUT2D eigenvalue weighted by Gasteiger charge is 2.09. The van der Waals surface area contributed by atoms with E-state index in [0.717, 1.165) is 36.2 Å². The molecule has 0 amide bonds. The molecule has 212 valence electrons. The fourth-order valence-electron chi connectivity index (χ4n) is 4.84. The second kappa shape index (κ2) is 23.4. The van der Waals surface area contributed by atoms with Gasteiger partial charge in [0, 0.05) is 11.9 Å². The third-order valence-electron chi connectivity index (χ3n) is 7.23. The lowest BCUT2D eigenvalue weighted by Gasteiger charge is -2.18. The minimum atomic E-state index is 0.421. The van der Waals surface area contributed by atoms with Crippen molar-refractivity contribution in [1.29, 1.82) is 0 Å². The highest BCUT2D eigenvalue weighted by Crippen LogP contribution is 2.21. The van der Waals surface area contributed by atoms with Crippen LogP contribution in [0.1, 0.15) is 122 Å². The van der Waals surface area contributed by atoms with E-state index in [4.69, 9.17) is 4.74 Å². The molecule has 0 fully saturated rings. The van der Waals surface area contributed by atoms with E-state index in [-0.39, 0.29) is 0 Å². The number of rotatable bonds is 24. The van der Waals surface area contributed by atoms with Crippen molar-refractivity contribution in [3.63, 3.8) is 0 Å². The average molecular weight is 586 g/mol. The summed E-state index contributed by atoms with van der Waals surface area (Å²) < 4.78 is 6.43. The summed E-state index contributed by atoms with van der Waals surface area (Å²) in [5, 5.41) is 9.83. The maximum atomic E-state index is 6.43. The van der Waals surface area contributed by atoms with E-state index in [1.165, 1.54) is 108 Å². The molecular weight excluding hydrogens is 532 g/mol. The standard InChI is InChI=1S/C34H53BrN2O/c1-2-3-4-5-10-16-23-34(38-30-18-12-9-7-6-8-11-17-29-35)24-19-20-31-25-27-33(28-26-31)37-36-32-21-14-13-15-22-32/h13-15,21-22,25-28,34H,2-12,16-20,23-24,29-30H2,1H3. The highest BCUT2D eigenvalue weighted by atomic mass is 79.9. The van der Waals surface area contributed by atoms with Crippen molar-refractivity contribution in [2.24, 2.45) is 10.2 Å². The van der Waals surface area contributed by atoms with Gasteiger partial charge < -0.3 is 4.74 Å². The fraction of sp³-hybridized carbons (Fsp3) is 0.647. The number of unbranched alkanes of at least 4 members (excludes halogenated alkanes) is 12. The lowest BCUT2D eigenvalue weighted by molar-refractivity contribution is 0.0362. The van der Waals surface area contributed by atoms with Crippen LogP contribution in [0.4, 0.5) is 11.4 Å². The first-order chi connectivity index (χ1) is 18.8. The second-order valence-corrected chi connectivity index (χ2v) is 11.5. The molecule has 0 N–H and O–H groups in total. The van der Waals surface area contributed by atoms with E-state index in [9.17, 15) is 0 Å². The van der Waals surface area contributed by atoms with E-state index in [1.54, 1.807) is 0 Å². The van der Waals surface area contributed by atoms with Crippen LogP contribution >= 0.6 is 15.9 Å². The van der Waals surface area contributed by atoms with Gasteiger partial charge in [-0.05, 0) is 68.4 Å². The molecule has 0 aromatic heterocycles. The zero-order chi connectivity index (χ0) is 26.9. The Morgan fingerprint density at radius 2 is 1.16 bits per heavy atom. The maximum Gasteiger partial charge on any atom is 0.0857 e. The lowest BCUT2D eigenvalue weighted by Crippen LogP contribution is -2.14. The van der Waals surface area contributed by atoms with Gasteiger partial charge in [0.05, 0.1) is 17.5 Å². The second-order valence-electron chi connectivity index (χ2n) is 10.7. The van der Waals surface area contributed by atoms with Gasteiger partial charge in [-0.15, -0.1) is 0 Å². The molecule has 38 heavy (non-hydrogen) atoms.